The van der Waals surface area contributed by atoms with Gasteiger partial charge < -0.3 is 0 Å². The molecule has 1 aromatic heterocycles. The number of aromatic nitrogens is 1. The Hall–Kier alpha value is -2.93. The molecule has 0 saturated carbocycles. The molecule has 1 heteroatoms. The quantitative estimate of drug-likeness (QED) is 0.204. The molecular formula is C23H18N+. The highest BCUT2D eigenvalue weighted by Gasteiger charge is 2.17. The molecule has 0 bridgehead atoms. The lowest BCUT2D eigenvalue weighted by atomic mass is 9.95. The first-order valence-electron chi connectivity index (χ1n) is 8.36. The summed E-state index contributed by atoms with van der Waals surface area (Å²) in [5.74, 6) is 0. The number of fused-ring (bicyclic) bond motifs is 6. The van der Waals surface area contributed by atoms with Crippen LogP contribution in [0.1, 0.15) is 5.56 Å². The Bertz CT molecular complexity index is 1260. The average molecular weight is 308 g/mol. The zero-order chi connectivity index (χ0) is 16.3. The van der Waals surface area contributed by atoms with Crippen LogP contribution < -0.4 is 4.57 Å². The Morgan fingerprint density at radius 1 is 0.667 bits per heavy atom. The number of benzene rings is 4. The maximum Gasteiger partial charge on any atom is 0.220 e. The fourth-order valence-corrected chi connectivity index (χ4v) is 4.09. The molecule has 4 aromatic carbocycles. The van der Waals surface area contributed by atoms with Gasteiger partial charge in [0.05, 0.1) is 5.39 Å². The molecule has 0 aliphatic rings. The Labute approximate surface area is 140 Å². The number of para-hydroxylation sites is 1. The molecule has 0 saturated heterocycles. The van der Waals surface area contributed by atoms with Crippen LogP contribution in [0, 0.1) is 6.92 Å². The molecule has 0 aliphatic carbocycles. The van der Waals surface area contributed by atoms with Crippen LogP contribution in [0.5, 0.6) is 0 Å². The molecule has 0 fully saturated rings. The van der Waals surface area contributed by atoms with E-state index in [1.165, 1.54) is 48.9 Å². The number of pyridine rings is 1. The van der Waals surface area contributed by atoms with Crippen LogP contribution >= 0.6 is 0 Å². The summed E-state index contributed by atoms with van der Waals surface area (Å²) in [6.07, 6.45) is 0. The van der Waals surface area contributed by atoms with Crippen molar-refractivity contribution in [3.05, 3.63) is 78.4 Å². The summed E-state index contributed by atoms with van der Waals surface area (Å²) in [5.41, 5.74) is 3.92. The zero-order valence-electron chi connectivity index (χ0n) is 13.9. The third-order valence-corrected chi connectivity index (χ3v) is 5.17. The summed E-state index contributed by atoms with van der Waals surface area (Å²) in [6, 6.07) is 26.4. The normalized spacial score (nSPS) is 11.8. The van der Waals surface area contributed by atoms with Gasteiger partial charge >= 0.3 is 0 Å². The summed E-state index contributed by atoms with van der Waals surface area (Å²) in [7, 11) is 2.18. The van der Waals surface area contributed by atoms with Crippen molar-refractivity contribution in [1.29, 1.82) is 0 Å². The molecule has 0 radical (unpaired) electrons. The van der Waals surface area contributed by atoms with Gasteiger partial charge in [0.2, 0.25) is 11.0 Å². The first-order valence-corrected chi connectivity index (χ1v) is 8.36. The second-order valence-corrected chi connectivity index (χ2v) is 6.60. The topological polar surface area (TPSA) is 3.88 Å². The monoisotopic (exact) mass is 308 g/mol. The van der Waals surface area contributed by atoms with Crippen LogP contribution in [0.25, 0.3) is 43.4 Å². The fourth-order valence-electron chi connectivity index (χ4n) is 4.09. The maximum atomic E-state index is 2.34. The van der Waals surface area contributed by atoms with E-state index < -0.39 is 0 Å². The van der Waals surface area contributed by atoms with E-state index in [0.29, 0.717) is 0 Å². The highest BCUT2D eigenvalue weighted by Crippen LogP contribution is 2.33. The Morgan fingerprint density at radius 2 is 1.42 bits per heavy atom. The van der Waals surface area contributed by atoms with Gasteiger partial charge in [0, 0.05) is 16.8 Å². The van der Waals surface area contributed by atoms with E-state index in [1.807, 2.05) is 0 Å². The van der Waals surface area contributed by atoms with E-state index in [1.54, 1.807) is 0 Å². The summed E-state index contributed by atoms with van der Waals surface area (Å²) < 4.78 is 2.34. The maximum absolute atomic E-state index is 2.34. The van der Waals surface area contributed by atoms with Crippen molar-refractivity contribution < 1.29 is 4.57 Å². The van der Waals surface area contributed by atoms with Crippen molar-refractivity contribution >= 4 is 43.4 Å². The second-order valence-electron chi connectivity index (χ2n) is 6.60. The average Bonchev–Trinajstić information content (AvgIpc) is 2.61. The molecule has 0 unspecified atom stereocenters. The van der Waals surface area contributed by atoms with Crippen molar-refractivity contribution in [3.63, 3.8) is 0 Å². The summed E-state index contributed by atoms with van der Waals surface area (Å²) in [4.78, 5) is 0. The third-order valence-electron chi connectivity index (χ3n) is 5.17. The van der Waals surface area contributed by atoms with Gasteiger partial charge in [0.25, 0.3) is 0 Å². The molecule has 0 N–H and O–H groups in total. The minimum atomic E-state index is 1.27. The molecule has 1 nitrogen and oxygen atoms in total. The predicted octanol–water partition coefficient (Wildman–Crippen LogP) is 5.43. The highest BCUT2D eigenvalue weighted by atomic mass is 14.9. The third kappa shape index (κ3) is 1.73. The zero-order valence-corrected chi connectivity index (χ0v) is 13.9. The first-order chi connectivity index (χ1) is 11.7. The summed E-state index contributed by atoms with van der Waals surface area (Å²) in [5, 5.41) is 7.91. The van der Waals surface area contributed by atoms with Crippen LogP contribution in [-0.4, -0.2) is 0 Å². The van der Waals surface area contributed by atoms with Gasteiger partial charge in [0.15, 0.2) is 0 Å². The van der Waals surface area contributed by atoms with Crippen molar-refractivity contribution in [2.45, 2.75) is 6.92 Å². The standard InChI is InChI=1S/C23H18N/c1-15-13-16-7-3-5-9-19(16)20-12-11-18-14-17-8-4-6-10-21(17)24(2)23(18)22(15)20/h3-14H,1-2H3/q+1. The Kier molecular flexibility index (Phi) is 2.69. The van der Waals surface area contributed by atoms with Crippen LogP contribution in [0.15, 0.2) is 72.8 Å². The molecule has 1 heterocycles. The largest absolute Gasteiger partial charge is 0.220 e. The van der Waals surface area contributed by atoms with Gasteiger partial charge in [-0.3, -0.25) is 0 Å². The summed E-state index contributed by atoms with van der Waals surface area (Å²) >= 11 is 0. The lowest BCUT2D eigenvalue weighted by molar-refractivity contribution is -0.616. The molecular weight excluding hydrogens is 290 g/mol. The van der Waals surface area contributed by atoms with Gasteiger partial charge in [-0.15, -0.1) is 0 Å². The Morgan fingerprint density at radius 3 is 2.29 bits per heavy atom. The van der Waals surface area contributed by atoms with Crippen LogP contribution in [0.2, 0.25) is 0 Å². The smallest absolute Gasteiger partial charge is 0.194 e. The molecule has 0 aliphatic heterocycles. The van der Waals surface area contributed by atoms with Gasteiger partial charge in [-0.2, -0.15) is 4.57 Å². The Balaban J connectivity index is 2.11. The van der Waals surface area contributed by atoms with Gasteiger partial charge in [-0.1, -0.05) is 48.5 Å². The van der Waals surface area contributed by atoms with Gasteiger partial charge in [-0.25, -0.2) is 0 Å². The van der Waals surface area contributed by atoms with Crippen LogP contribution in [-0.2, 0) is 7.05 Å². The summed E-state index contributed by atoms with van der Waals surface area (Å²) in [6.45, 7) is 2.23. The van der Waals surface area contributed by atoms with Crippen molar-refractivity contribution in [2.75, 3.05) is 0 Å². The van der Waals surface area contributed by atoms with Crippen molar-refractivity contribution in [1.82, 2.24) is 0 Å². The van der Waals surface area contributed by atoms with E-state index in [0.717, 1.165) is 0 Å². The molecule has 24 heavy (non-hydrogen) atoms. The lowest BCUT2D eigenvalue weighted by Gasteiger charge is -2.10. The molecule has 5 aromatic rings. The number of hydrogen-bond donors (Lipinski definition) is 0. The number of nitrogens with zero attached hydrogens (tertiary/aromatic N) is 1. The highest BCUT2D eigenvalue weighted by molar-refractivity contribution is 6.17. The molecule has 0 amide bonds. The number of rotatable bonds is 0. The van der Waals surface area contributed by atoms with Crippen molar-refractivity contribution in [3.8, 4) is 0 Å². The van der Waals surface area contributed by atoms with E-state index in [-0.39, 0.29) is 0 Å². The molecule has 0 spiro atoms. The number of aryl methyl sites for hydroxylation is 2. The van der Waals surface area contributed by atoms with Gasteiger partial charge in [-0.05, 0) is 46.8 Å². The van der Waals surface area contributed by atoms with Crippen LogP contribution in [0.4, 0.5) is 0 Å². The molecule has 114 valence electrons. The minimum Gasteiger partial charge on any atom is -0.194 e. The van der Waals surface area contributed by atoms with Crippen LogP contribution in [0.3, 0.4) is 0 Å². The van der Waals surface area contributed by atoms with E-state index in [4.69, 9.17) is 0 Å². The second kappa shape index (κ2) is 4.78. The molecule has 5 rings (SSSR count). The lowest BCUT2D eigenvalue weighted by Crippen LogP contribution is -2.30. The van der Waals surface area contributed by atoms with Gasteiger partial charge in [0.1, 0.15) is 7.05 Å². The SMILES string of the molecule is Cc1cc2ccccc2c2ccc3cc4ccccc4[n+](C)c3c12. The number of hydrogen-bond acceptors (Lipinski definition) is 0. The predicted molar refractivity (Wildman–Crippen MR) is 102 cm³/mol. The van der Waals surface area contributed by atoms with Crippen molar-refractivity contribution in [2.24, 2.45) is 7.05 Å². The van der Waals surface area contributed by atoms with E-state index in [9.17, 15) is 0 Å². The van der Waals surface area contributed by atoms with E-state index >= 15 is 0 Å². The minimum absolute atomic E-state index is 1.27. The first kappa shape index (κ1) is 13.5. The molecule has 0 atom stereocenters. The van der Waals surface area contributed by atoms with E-state index in [2.05, 4.69) is 91.3 Å². The fraction of sp³-hybridized carbons (Fsp3) is 0.0870.